The van der Waals surface area contributed by atoms with Crippen LogP contribution in [0.5, 0.6) is 5.88 Å². The Hall–Kier alpha value is -1.07. The molecule has 1 rings (SSSR count). The minimum absolute atomic E-state index is 0.0197. The van der Waals surface area contributed by atoms with Gasteiger partial charge in [0.25, 0.3) is 0 Å². The monoisotopic (exact) mass is 208 g/mol. The Morgan fingerprint density at radius 3 is 2.67 bits per heavy atom. The normalized spacial score (nSPS) is 9.50. The van der Waals surface area contributed by atoms with Gasteiger partial charge in [-0.3, -0.25) is 0 Å². The van der Waals surface area contributed by atoms with Gasteiger partial charge in [0, 0.05) is 6.07 Å². The van der Waals surface area contributed by atoms with Gasteiger partial charge in [0.1, 0.15) is 5.15 Å². The van der Waals surface area contributed by atoms with Gasteiger partial charge < -0.3 is 9.84 Å². The molecule has 0 saturated heterocycles. The molecule has 1 aromatic heterocycles. The second kappa shape index (κ2) is 3.55. The smallest absolute Gasteiger partial charge is 0.449 e. The third-order valence-corrected chi connectivity index (χ3v) is 1.20. The van der Waals surface area contributed by atoms with Crippen LogP contribution in [0.1, 0.15) is 0 Å². The van der Waals surface area contributed by atoms with E-state index in [2.05, 4.69) is 14.7 Å². The molecule has 0 aliphatic carbocycles. The number of halogens is 2. The summed E-state index contributed by atoms with van der Waals surface area (Å²) in [4.78, 5) is 17.0. The summed E-state index contributed by atoms with van der Waals surface area (Å²) in [6.07, 6.45) is -1.49. The Bertz CT molecular complexity index is 297. The fourth-order valence-electron chi connectivity index (χ4n) is 0.512. The van der Waals surface area contributed by atoms with Gasteiger partial charge in [0.2, 0.25) is 11.2 Å². The molecular formula is C5H2Cl2N2O3. The van der Waals surface area contributed by atoms with Crippen molar-refractivity contribution in [3.63, 3.8) is 0 Å². The minimum atomic E-state index is -1.49. The average Bonchev–Trinajstić information content (AvgIpc) is 1.81. The molecule has 0 spiro atoms. The van der Waals surface area contributed by atoms with E-state index < -0.39 is 6.16 Å². The van der Waals surface area contributed by atoms with Gasteiger partial charge in [-0.25, -0.2) is 9.78 Å². The number of aromatic nitrogens is 2. The van der Waals surface area contributed by atoms with E-state index in [9.17, 15) is 4.79 Å². The first-order valence-electron chi connectivity index (χ1n) is 2.69. The molecule has 0 bridgehead atoms. The number of carboxylic acid groups (broad SMARTS) is 1. The summed E-state index contributed by atoms with van der Waals surface area (Å²) in [6, 6.07) is 1.14. The lowest BCUT2D eigenvalue weighted by molar-refractivity contribution is 0.142. The van der Waals surface area contributed by atoms with Crippen molar-refractivity contribution >= 4 is 29.4 Å². The van der Waals surface area contributed by atoms with Gasteiger partial charge in [0.15, 0.2) is 0 Å². The van der Waals surface area contributed by atoms with Crippen LogP contribution in [-0.4, -0.2) is 21.2 Å². The summed E-state index contributed by atoms with van der Waals surface area (Å²) in [5.41, 5.74) is 0. The highest BCUT2D eigenvalue weighted by molar-refractivity contribution is 6.31. The molecule has 1 aromatic rings. The Morgan fingerprint density at radius 1 is 1.50 bits per heavy atom. The molecule has 0 fully saturated rings. The van der Waals surface area contributed by atoms with Crippen molar-refractivity contribution in [3.05, 3.63) is 16.5 Å². The van der Waals surface area contributed by atoms with Gasteiger partial charge in [-0.15, -0.1) is 0 Å². The highest BCUT2D eigenvalue weighted by atomic mass is 35.5. The lowest BCUT2D eigenvalue weighted by atomic mass is 10.6. The molecular weight excluding hydrogens is 207 g/mol. The van der Waals surface area contributed by atoms with Crippen molar-refractivity contribution < 1.29 is 14.6 Å². The zero-order chi connectivity index (χ0) is 9.14. The van der Waals surface area contributed by atoms with Crippen LogP contribution in [0.3, 0.4) is 0 Å². The molecule has 1 N–H and O–H groups in total. The second-order valence-electron chi connectivity index (χ2n) is 1.67. The van der Waals surface area contributed by atoms with E-state index in [-0.39, 0.29) is 16.3 Å². The quantitative estimate of drug-likeness (QED) is 0.434. The van der Waals surface area contributed by atoms with Crippen LogP contribution in [0.4, 0.5) is 4.79 Å². The van der Waals surface area contributed by atoms with Crippen LogP contribution < -0.4 is 4.74 Å². The number of hydrogen-bond acceptors (Lipinski definition) is 4. The molecule has 0 amide bonds. The molecule has 0 aliphatic heterocycles. The maximum absolute atomic E-state index is 10.0. The largest absolute Gasteiger partial charge is 0.512 e. The lowest BCUT2D eigenvalue weighted by Crippen LogP contribution is -2.04. The molecule has 12 heavy (non-hydrogen) atoms. The Morgan fingerprint density at radius 2 is 2.17 bits per heavy atom. The minimum Gasteiger partial charge on any atom is -0.449 e. The van der Waals surface area contributed by atoms with E-state index in [4.69, 9.17) is 28.3 Å². The maximum atomic E-state index is 10.0. The van der Waals surface area contributed by atoms with Crippen LogP contribution in [0, 0.1) is 0 Å². The Balaban J connectivity index is 2.93. The highest BCUT2D eigenvalue weighted by Gasteiger charge is 2.05. The van der Waals surface area contributed by atoms with Crippen LogP contribution >= 0.6 is 23.2 Å². The summed E-state index contributed by atoms with van der Waals surface area (Å²) >= 11 is 10.8. The van der Waals surface area contributed by atoms with Gasteiger partial charge in [0.05, 0.1) is 0 Å². The third kappa shape index (κ3) is 2.52. The first-order chi connectivity index (χ1) is 5.58. The lowest BCUT2D eigenvalue weighted by Gasteiger charge is -1.98. The van der Waals surface area contributed by atoms with E-state index in [1.807, 2.05) is 0 Å². The van der Waals surface area contributed by atoms with Crippen molar-refractivity contribution in [1.29, 1.82) is 0 Å². The van der Waals surface area contributed by atoms with Crippen molar-refractivity contribution in [2.24, 2.45) is 0 Å². The molecule has 64 valence electrons. The Kier molecular flexibility index (Phi) is 2.67. The number of rotatable bonds is 1. The van der Waals surface area contributed by atoms with E-state index in [1.165, 1.54) is 0 Å². The van der Waals surface area contributed by atoms with Gasteiger partial charge in [-0.2, -0.15) is 4.98 Å². The number of nitrogens with zero attached hydrogens (tertiary/aromatic N) is 2. The summed E-state index contributed by atoms with van der Waals surface area (Å²) in [5.74, 6) is -0.201. The molecule has 1 heterocycles. The maximum Gasteiger partial charge on any atom is 0.512 e. The predicted molar refractivity (Wildman–Crippen MR) is 40.7 cm³/mol. The Labute approximate surface area is 76.9 Å². The first kappa shape index (κ1) is 9.02. The molecule has 0 aromatic carbocycles. The summed E-state index contributed by atoms with van der Waals surface area (Å²) in [6.45, 7) is 0. The molecule has 0 saturated carbocycles. The van der Waals surface area contributed by atoms with Crippen LogP contribution in [0.15, 0.2) is 6.07 Å². The van der Waals surface area contributed by atoms with E-state index in [0.717, 1.165) is 6.07 Å². The predicted octanol–water partition coefficient (Wildman–Crippen LogP) is 1.84. The molecule has 0 atom stereocenters. The summed E-state index contributed by atoms with van der Waals surface area (Å²) in [5, 5.41) is 8.03. The van der Waals surface area contributed by atoms with Crippen molar-refractivity contribution in [2.75, 3.05) is 0 Å². The standard InChI is InChI=1S/C5H2Cl2N2O3/c6-2-1-3(12-5(10)11)9-4(7)8-2/h1H,(H,10,11). The fraction of sp³-hybridized carbons (Fsp3) is 0. The SMILES string of the molecule is O=C(O)Oc1cc(Cl)nc(Cl)n1. The van der Waals surface area contributed by atoms with Gasteiger partial charge in [-0.05, 0) is 11.6 Å². The van der Waals surface area contributed by atoms with Crippen molar-refractivity contribution in [3.8, 4) is 5.88 Å². The third-order valence-electron chi connectivity index (χ3n) is 0.836. The zero-order valence-corrected chi connectivity index (χ0v) is 7.00. The van der Waals surface area contributed by atoms with Gasteiger partial charge >= 0.3 is 6.16 Å². The van der Waals surface area contributed by atoms with Crippen molar-refractivity contribution in [1.82, 2.24) is 9.97 Å². The molecule has 5 nitrogen and oxygen atoms in total. The number of carbonyl (C=O) groups is 1. The molecule has 0 radical (unpaired) electrons. The summed E-state index contributed by atoms with van der Waals surface area (Å²) in [7, 11) is 0. The topological polar surface area (TPSA) is 72.3 Å². The van der Waals surface area contributed by atoms with E-state index >= 15 is 0 Å². The summed E-state index contributed by atoms with van der Waals surface area (Å²) < 4.78 is 4.17. The van der Waals surface area contributed by atoms with E-state index in [0.29, 0.717) is 0 Å². The van der Waals surface area contributed by atoms with Crippen LogP contribution in [0.25, 0.3) is 0 Å². The number of hydrogen-bond donors (Lipinski definition) is 1. The van der Waals surface area contributed by atoms with Crippen molar-refractivity contribution in [2.45, 2.75) is 0 Å². The van der Waals surface area contributed by atoms with Crippen LogP contribution in [-0.2, 0) is 0 Å². The molecule has 0 aliphatic rings. The zero-order valence-electron chi connectivity index (χ0n) is 5.49. The molecule has 0 unspecified atom stereocenters. The molecule has 7 heteroatoms. The van der Waals surface area contributed by atoms with E-state index in [1.54, 1.807) is 0 Å². The average molecular weight is 209 g/mol. The second-order valence-corrected chi connectivity index (χ2v) is 2.39. The highest BCUT2D eigenvalue weighted by Crippen LogP contribution is 2.15. The first-order valence-corrected chi connectivity index (χ1v) is 3.44. The fourth-order valence-corrected chi connectivity index (χ4v) is 0.903. The van der Waals surface area contributed by atoms with Gasteiger partial charge in [-0.1, -0.05) is 11.6 Å². The van der Waals surface area contributed by atoms with Crippen LogP contribution in [0.2, 0.25) is 10.4 Å². The number of ether oxygens (including phenoxy) is 1.